The lowest BCUT2D eigenvalue weighted by Crippen LogP contribution is -2.41. The molecule has 118 valence electrons. The van der Waals surface area contributed by atoms with Gasteiger partial charge in [-0.2, -0.15) is 0 Å². The highest BCUT2D eigenvalue weighted by Gasteiger charge is 2.14. The second-order valence-corrected chi connectivity index (χ2v) is 6.05. The molecule has 1 aromatic carbocycles. The first-order valence-corrected chi connectivity index (χ1v) is 7.60. The van der Waals surface area contributed by atoms with Crippen LogP contribution >= 0.6 is 11.6 Å². The summed E-state index contributed by atoms with van der Waals surface area (Å²) in [7, 11) is 0. The fraction of sp³-hybridized carbons (Fsp3) is 0.600. The highest BCUT2D eigenvalue weighted by Crippen LogP contribution is 2.24. The minimum absolute atomic E-state index is 0.0399. The van der Waals surface area contributed by atoms with Gasteiger partial charge in [0.25, 0.3) is 5.69 Å². The molecule has 0 radical (unpaired) electrons. The van der Waals surface area contributed by atoms with Crippen molar-refractivity contribution in [3.8, 4) is 0 Å². The van der Waals surface area contributed by atoms with E-state index in [4.69, 9.17) is 11.6 Å². The van der Waals surface area contributed by atoms with Crippen LogP contribution in [0.25, 0.3) is 0 Å². The summed E-state index contributed by atoms with van der Waals surface area (Å²) in [6.45, 7) is 11.1. The fourth-order valence-electron chi connectivity index (χ4n) is 2.36. The summed E-state index contributed by atoms with van der Waals surface area (Å²) in [6.07, 6.45) is 0. The molecule has 0 bridgehead atoms. The van der Waals surface area contributed by atoms with Crippen molar-refractivity contribution in [3.05, 3.63) is 38.9 Å². The van der Waals surface area contributed by atoms with E-state index in [-0.39, 0.29) is 10.7 Å². The van der Waals surface area contributed by atoms with Gasteiger partial charge in [-0.15, -0.1) is 0 Å². The van der Waals surface area contributed by atoms with Crippen molar-refractivity contribution in [1.82, 2.24) is 10.2 Å². The van der Waals surface area contributed by atoms with Crippen molar-refractivity contribution in [3.63, 3.8) is 0 Å². The Kier molecular flexibility index (Phi) is 7.08. The summed E-state index contributed by atoms with van der Waals surface area (Å²) < 4.78 is 0. The number of nitro groups is 1. The molecule has 0 unspecified atom stereocenters. The van der Waals surface area contributed by atoms with E-state index in [2.05, 4.69) is 37.9 Å². The molecule has 0 atom stereocenters. The Labute approximate surface area is 131 Å². The van der Waals surface area contributed by atoms with Crippen LogP contribution in [-0.2, 0) is 6.54 Å². The SMILES string of the molecule is CC(C)N(CCNCc1ccc(Cl)c([N+](=O)[O-])c1)C(C)C. The first-order chi connectivity index (χ1) is 9.82. The summed E-state index contributed by atoms with van der Waals surface area (Å²) in [5, 5.41) is 14.3. The maximum absolute atomic E-state index is 10.8. The third kappa shape index (κ3) is 5.61. The molecule has 0 spiro atoms. The minimum atomic E-state index is -0.453. The smallest absolute Gasteiger partial charge is 0.288 e. The van der Waals surface area contributed by atoms with E-state index in [0.717, 1.165) is 18.7 Å². The van der Waals surface area contributed by atoms with E-state index in [0.29, 0.717) is 18.6 Å². The van der Waals surface area contributed by atoms with Gasteiger partial charge in [0.15, 0.2) is 0 Å². The number of benzene rings is 1. The Bertz CT molecular complexity index is 470. The maximum atomic E-state index is 10.8. The Balaban J connectivity index is 2.49. The third-order valence-corrected chi connectivity index (χ3v) is 3.73. The van der Waals surface area contributed by atoms with Gasteiger partial charge in [0, 0.05) is 37.8 Å². The standard InChI is InChI=1S/C15H24ClN3O2/c1-11(2)18(12(3)4)8-7-17-10-13-5-6-14(16)15(9-13)19(20)21/h5-6,9,11-12,17H,7-8,10H2,1-4H3. The van der Waals surface area contributed by atoms with E-state index < -0.39 is 4.92 Å². The summed E-state index contributed by atoms with van der Waals surface area (Å²) in [5.74, 6) is 0. The Morgan fingerprint density at radius 1 is 1.29 bits per heavy atom. The van der Waals surface area contributed by atoms with Crippen molar-refractivity contribution >= 4 is 17.3 Å². The molecule has 1 rings (SSSR count). The number of hydrogen-bond donors (Lipinski definition) is 1. The van der Waals surface area contributed by atoms with Crippen LogP contribution in [0.1, 0.15) is 33.3 Å². The van der Waals surface area contributed by atoms with Crippen LogP contribution in [0, 0.1) is 10.1 Å². The topological polar surface area (TPSA) is 58.4 Å². The van der Waals surface area contributed by atoms with Gasteiger partial charge >= 0.3 is 0 Å². The second-order valence-electron chi connectivity index (χ2n) is 5.64. The summed E-state index contributed by atoms with van der Waals surface area (Å²) >= 11 is 5.80. The molecule has 0 aromatic heterocycles. The maximum Gasteiger partial charge on any atom is 0.288 e. The van der Waals surface area contributed by atoms with E-state index in [1.54, 1.807) is 6.07 Å². The van der Waals surface area contributed by atoms with E-state index in [1.807, 2.05) is 6.07 Å². The molecule has 1 aromatic rings. The molecule has 0 aliphatic heterocycles. The van der Waals surface area contributed by atoms with E-state index in [1.165, 1.54) is 6.07 Å². The van der Waals surface area contributed by atoms with Crippen molar-refractivity contribution in [2.45, 2.75) is 46.3 Å². The third-order valence-electron chi connectivity index (χ3n) is 3.41. The van der Waals surface area contributed by atoms with Gasteiger partial charge in [0.05, 0.1) is 4.92 Å². The van der Waals surface area contributed by atoms with Crippen LogP contribution in [0.2, 0.25) is 5.02 Å². The van der Waals surface area contributed by atoms with Gasteiger partial charge in [-0.05, 0) is 39.3 Å². The zero-order valence-corrected chi connectivity index (χ0v) is 13.9. The lowest BCUT2D eigenvalue weighted by Gasteiger charge is -2.30. The molecule has 6 heteroatoms. The average molecular weight is 314 g/mol. The zero-order valence-electron chi connectivity index (χ0n) is 13.1. The van der Waals surface area contributed by atoms with Gasteiger partial charge in [0.2, 0.25) is 0 Å². The van der Waals surface area contributed by atoms with Crippen LogP contribution in [0.3, 0.4) is 0 Å². The first-order valence-electron chi connectivity index (χ1n) is 7.22. The molecular formula is C15H24ClN3O2. The van der Waals surface area contributed by atoms with Gasteiger partial charge in [-0.3, -0.25) is 15.0 Å². The molecular weight excluding hydrogens is 290 g/mol. The zero-order chi connectivity index (χ0) is 16.0. The normalized spacial score (nSPS) is 11.6. The van der Waals surface area contributed by atoms with Crippen molar-refractivity contribution in [1.29, 1.82) is 0 Å². The molecule has 0 saturated carbocycles. The van der Waals surface area contributed by atoms with Crippen molar-refractivity contribution < 1.29 is 4.92 Å². The summed E-state index contributed by atoms with van der Waals surface area (Å²) in [5.41, 5.74) is 0.827. The lowest BCUT2D eigenvalue weighted by molar-refractivity contribution is -0.384. The van der Waals surface area contributed by atoms with Crippen LogP contribution in [0.15, 0.2) is 18.2 Å². The molecule has 5 nitrogen and oxygen atoms in total. The molecule has 0 aliphatic rings. The van der Waals surface area contributed by atoms with E-state index in [9.17, 15) is 10.1 Å². The largest absolute Gasteiger partial charge is 0.311 e. The number of halogens is 1. The fourth-order valence-corrected chi connectivity index (χ4v) is 2.55. The molecule has 0 aliphatic carbocycles. The van der Waals surface area contributed by atoms with Crippen LogP contribution in [0.4, 0.5) is 5.69 Å². The van der Waals surface area contributed by atoms with Gasteiger partial charge in [-0.25, -0.2) is 0 Å². The number of hydrogen-bond acceptors (Lipinski definition) is 4. The average Bonchev–Trinajstić information content (AvgIpc) is 2.39. The van der Waals surface area contributed by atoms with Crippen LogP contribution < -0.4 is 5.32 Å². The highest BCUT2D eigenvalue weighted by molar-refractivity contribution is 6.32. The predicted molar refractivity (Wildman–Crippen MR) is 86.8 cm³/mol. The summed E-state index contributed by atoms with van der Waals surface area (Å²) in [6, 6.07) is 5.92. The quantitative estimate of drug-likeness (QED) is 0.453. The number of nitrogens with one attached hydrogen (secondary N) is 1. The molecule has 1 N–H and O–H groups in total. The molecule has 0 fully saturated rings. The molecule has 0 amide bonds. The van der Waals surface area contributed by atoms with Gasteiger partial charge < -0.3 is 5.32 Å². The van der Waals surface area contributed by atoms with E-state index >= 15 is 0 Å². The highest BCUT2D eigenvalue weighted by atomic mass is 35.5. The number of nitrogens with zero attached hydrogens (tertiary/aromatic N) is 2. The van der Waals surface area contributed by atoms with Crippen LogP contribution in [0.5, 0.6) is 0 Å². The second kappa shape index (κ2) is 8.32. The summed E-state index contributed by atoms with van der Waals surface area (Å²) in [4.78, 5) is 12.8. The lowest BCUT2D eigenvalue weighted by atomic mass is 10.2. The molecule has 0 heterocycles. The van der Waals surface area contributed by atoms with Gasteiger partial charge in [0.1, 0.15) is 5.02 Å². The van der Waals surface area contributed by atoms with Crippen molar-refractivity contribution in [2.24, 2.45) is 0 Å². The molecule has 21 heavy (non-hydrogen) atoms. The molecule has 0 saturated heterocycles. The monoisotopic (exact) mass is 313 g/mol. The van der Waals surface area contributed by atoms with Crippen molar-refractivity contribution in [2.75, 3.05) is 13.1 Å². The Morgan fingerprint density at radius 3 is 2.43 bits per heavy atom. The first kappa shape index (κ1) is 17.9. The number of nitro benzene ring substituents is 1. The minimum Gasteiger partial charge on any atom is -0.311 e. The predicted octanol–water partition coefficient (Wildman–Crippen LogP) is 3.46. The Hall–Kier alpha value is -1.17. The number of rotatable bonds is 8. The Morgan fingerprint density at radius 2 is 1.90 bits per heavy atom. The van der Waals surface area contributed by atoms with Crippen LogP contribution in [-0.4, -0.2) is 35.0 Å². The van der Waals surface area contributed by atoms with Gasteiger partial charge in [-0.1, -0.05) is 17.7 Å².